The summed E-state index contributed by atoms with van der Waals surface area (Å²) in [5, 5.41) is 7.20. The molecule has 16 heavy (non-hydrogen) atoms. The van der Waals surface area contributed by atoms with Crippen LogP contribution >= 0.6 is 0 Å². The molecule has 1 N–H and O–H groups in total. The van der Waals surface area contributed by atoms with Crippen molar-refractivity contribution in [1.29, 1.82) is 0 Å². The van der Waals surface area contributed by atoms with Crippen LogP contribution in [0.25, 0.3) is 0 Å². The number of hydrogen-bond donors (Lipinski definition) is 1. The summed E-state index contributed by atoms with van der Waals surface area (Å²) < 4.78 is 6.80. The van der Waals surface area contributed by atoms with Crippen molar-refractivity contribution in [2.75, 3.05) is 12.4 Å². The first kappa shape index (κ1) is 10.4. The van der Waals surface area contributed by atoms with Crippen LogP contribution in [0.15, 0.2) is 18.5 Å². The van der Waals surface area contributed by atoms with E-state index in [4.69, 9.17) is 4.74 Å². The number of rotatable bonds is 3. The summed E-state index contributed by atoms with van der Waals surface area (Å²) in [6.45, 7) is 1.97. The second-order valence-electron chi connectivity index (χ2n) is 3.31. The van der Waals surface area contributed by atoms with Crippen LogP contribution in [0.1, 0.15) is 5.69 Å². The number of anilines is 2. The molecule has 2 rings (SSSR count). The molecular formula is C10H13N5O. The molecule has 2 aromatic heterocycles. The Balaban J connectivity index is 2.23. The summed E-state index contributed by atoms with van der Waals surface area (Å²) in [7, 11) is 3.45. The zero-order chi connectivity index (χ0) is 11.5. The number of nitrogens with zero attached hydrogens (tertiary/aromatic N) is 4. The maximum absolute atomic E-state index is 5.02. The second kappa shape index (κ2) is 4.18. The van der Waals surface area contributed by atoms with Gasteiger partial charge in [0, 0.05) is 19.3 Å². The fraction of sp³-hybridized carbons (Fsp3) is 0.300. The summed E-state index contributed by atoms with van der Waals surface area (Å²) >= 11 is 0. The van der Waals surface area contributed by atoms with Crippen LogP contribution < -0.4 is 10.1 Å². The molecule has 0 atom stereocenters. The number of aromatic nitrogens is 4. The third kappa shape index (κ3) is 1.95. The van der Waals surface area contributed by atoms with Gasteiger partial charge in [0.05, 0.1) is 24.7 Å². The van der Waals surface area contributed by atoms with Crippen molar-refractivity contribution < 1.29 is 4.74 Å². The van der Waals surface area contributed by atoms with Crippen LogP contribution in [0.5, 0.6) is 5.88 Å². The van der Waals surface area contributed by atoms with Gasteiger partial charge < -0.3 is 10.1 Å². The number of aryl methyl sites for hydroxylation is 1. The van der Waals surface area contributed by atoms with E-state index in [0.29, 0.717) is 11.8 Å². The van der Waals surface area contributed by atoms with E-state index >= 15 is 0 Å². The van der Waals surface area contributed by atoms with Crippen molar-refractivity contribution in [1.82, 2.24) is 19.7 Å². The molecule has 0 amide bonds. The normalized spacial score (nSPS) is 10.2. The minimum absolute atomic E-state index is 0.496. The van der Waals surface area contributed by atoms with E-state index < -0.39 is 0 Å². The average Bonchev–Trinajstić information content (AvgIpc) is 2.61. The maximum Gasteiger partial charge on any atom is 0.230 e. The van der Waals surface area contributed by atoms with Crippen LogP contribution in [-0.4, -0.2) is 26.9 Å². The number of ether oxygens (including phenoxy) is 1. The molecule has 0 bridgehead atoms. The van der Waals surface area contributed by atoms with Crippen LogP contribution in [0.2, 0.25) is 0 Å². The SMILES string of the molecule is COc1ccnc(Nc2cnn(C)c2C)n1. The second-order valence-corrected chi connectivity index (χ2v) is 3.31. The van der Waals surface area contributed by atoms with Crippen LogP contribution in [0.3, 0.4) is 0 Å². The van der Waals surface area contributed by atoms with Gasteiger partial charge in [0.1, 0.15) is 0 Å². The zero-order valence-electron chi connectivity index (χ0n) is 9.43. The van der Waals surface area contributed by atoms with Gasteiger partial charge in [-0.05, 0) is 6.92 Å². The van der Waals surface area contributed by atoms with Crippen molar-refractivity contribution in [3.8, 4) is 5.88 Å². The van der Waals surface area contributed by atoms with E-state index in [1.54, 1.807) is 30.3 Å². The predicted molar refractivity (Wildman–Crippen MR) is 59.8 cm³/mol. The molecule has 0 unspecified atom stereocenters. The lowest BCUT2D eigenvalue weighted by atomic mass is 10.4. The van der Waals surface area contributed by atoms with E-state index in [2.05, 4.69) is 20.4 Å². The minimum atomic E-state index is 0.496. The number of methoxy groups -OCH3 is 1. The average molecular weight is 219 g/mol. The molecule has 84 valence electrons. The molecule has 6 nitrogen and oxygen atoms in total. The van der Waals surface area contributed by atoms with Gasteiger partial charge in [-0.15, -0.1) is 0 Å². The van der Waals surface area contributed by atoms with E-state index in [9.17, 15) is 0 Å². The Bertz CT molecular complexity index is 494. The predicted octanol–water partition coefficient (Wildman–Crippen LogP) is 1.27. The summed E-state index contributed by atoms with van der Waals surface area (Å²) in [6.07, 6.45) is 3.37. The highest BCUT2D eigenvalue weighted by Gasteiger charge is 2.05. The monoisotopic (exact) mass is 219 g/mol. The molecule has 0 radical (unpaired) electrons. The Labute approximate surface area is 93.3 Å². The van der Waals surface area contributed by atoms with Gasteiger partial charge in [0.2, 0.25) is 11.8 Å². The number of hydrogen-bond acceptors (Lipinski definition) is 5. The van der Waals surface area contributed by atoms with Gasteiger partial charge in [-0.2, -0.15) is 10.1 Å². The Kier molecular flexibility index (Phi) is 2.72. The highest BCUT2D eigenvalue weighted by Crippen LogP contribution is 2.17. The van der Waals surface area contributed by atoms with Crippen molar-refractivity contribution in [3.63, 3.8) is 0 Å². The van der Waals surface area contributed by atoms with Gasteiger partial charge in [0.15, 0.2) is 0 Å². The van der Waals surface area contributed by atoms with Crippen LogP contribution in [0, 0.1) is 6.92 Å². The largest absolute Gasteiger partial charge is 0.481 e. The van der Waals surface area contributed by atoms with Gasteiger partial charge >= 0.3 is 0 Å². The van der Waals surface area contributed by atoms with E-state index in [1.165, 1.54) is 0 Å². The summed E-state index contributed by atoms with van der Waals surface area (Å²) in [5.74, 6) is 1.02. The standard InChI is InChI=1S/C10H13N5O/c1-7-8(6-12-15(7)2)13-10-11-5-4-9(14-10)16-3/h4-6H,1-3H3,(H,11,13,14). The summed E-state index contributed by atoms with van der Waals surface area (Å²) in [5.41, 5.74) is 1.90. The smallest absolute Gasteiger partial charge is 0.230 e. The molecule has 0 aliphatic rings. The Morgan fingerprint density at radius 3 is 2.88 bits per heavy atom. The first-order valence-electron chi connectivity index (χ1n) is 4.83. The van der Waals surface area contributed by atoms with E-state index in [0.717, 1.165) is 11.4 Å². The fourth-order valence-electron chi connectivity index (χ4n) is 1.26. The third-order valence-electron chi connectivity index (χ3n) is 2.32. The first-order valence-corrected chi connectivity index (χ1v) is 4.83. The fourth-order valence-corrected chi connectivity index (χ4v) is 1.26. The van der Waals surface area contributed by atoms with Gasteiger partial charge in [0.25, 0.3) is 0 Å². The van der Waals surface area contributed by atoms with Gasteiger partial charge in [-0.3, -0.25) is 4.68 Å². The lowest BCUT2D eigenvalue weighted by Gasteiger charge is -2.04. The highest BCUT2D eigenvalue weighted by atomic mass is 16.5. The summed E-state index contributed by atoms with van der Waals surface area (Å²) in [4.78, 5) is 8.25. The Morgan fingerprint density at radius 2 is 2.25 bits per heavy atom. The van der Waals surface area contributed by atoms with Crippen molar-refractivity contribution >= 4 is 11.6 Å². The molecule has 6 heteroatoms. The minimum Gasteiger partial charge on any atom is -0.481 e. The van der Waals surface area contributed by atoms with Gasteiger partial charge in [-0.25, -0.2) is 4.98 Å². The Morgan fingerprint density at radius 1 is 1.44 bits per heavy atom. The number of nitrogens with one attached hydrogen (secondary N) is 1. The third-order valence-corrected chi connectivity index (χ3v) is 2.32. The van der Waals surface area contributed by atoms with E-state index in [-0.39, 0.29) is 0 Å². The van der Waals surface area contributed by atoms with Crippen molar-refractivity contribution in [2.24, 2.45) is 7.05 Å². The van der Waals surface area contributed by atoms with Crippen LogP contribution in [-0.2, 0) is 7.05 Å². The molecule has 0 aromatic carbocycles. The lowest BCUT2D eigenvalue weighted by molar-refractivity contribution is 0.397. The molecule has 2 aromatic rings. The van der Waals surface area contributed by atoms with Crippen molar-refractivity contribution in [2.45, 2.75) is 6.92 Å². The maximum atomic E-state index is 5.02. The zero-order valence-corrected chi connectivity index (χ0v) is 9.43. The molecule has 0 aliphatic heterocycles. The lowest BCUT2D eigenvalue weighted by Crippen LogP contribution is -1.99. The molecule has 2 heterocycles. The van der Waals surface area contributed by atoms with Crippen LogP contribution in [0.4, 0.5) is 11.6 Å². The molecule has 0 aliphatic carbocycles. The highest BCUT2D eigenvalue weighted by molar-refractivity contribution is 5.55. The van der Waals surface area contributed by atoms with Gasteiger partial charge in [-0.1, -0.05) is 0 Å². The summed E-state index contributed by atoms with van der Waals surface area (Å²) in [6, 6.07) is 1.70. The molecular weight excluding hydrogens is 206 g/mol. The quantitative estimate of drug-likeness (QED) is 0.842. The molecule has 0 saturated heterocycles. The van der Waals surface area contributed by atoms with E-state index in [1.807, 2.05) is 14.0 Å². The molecule has 0 spiro atoms. The molecule has 0 saturated carbocycles. The molecule has 0 fully saturated rings. The Hall–Kier alpha value is -2.11. The first-order chi connectivity index (χ1) is 7.70. The topological polar surface area (TPSA) is 64.9 Å². The van der Waals surface area contributed by atoms with Crippen molar-refractivity contribution in [3.05, 3.63) is 24.2 Å².